The van der Waals surface area contributed by atoms with Crippen molar-refractivity contribution in [3.05, 3.63) is 41.6 Å². The molecule has 2 aliphatic rings. The molecule has 0 saturated carbocycles. The first-order valence-corrected chi connectivity index (χ1v) is 9.17. The Morgan fingerprint density at radius 3 is 2.83 bits per heavy atom. The van der Waals surface area contributed by atoms with E-state index in [9.17, 15) is 0 Å². The molecule has 24 heavy (non-hydrogen) atoms. The third kappa shape index (κ3) is 2.97. The number of hydrogen-bond acceptors (Lipinski definition) is 4. The van der Waals surface area contributed by atoms with Crippen molar-refractivity contribution in [2.24, 2.45) is 5.92 Å². The number of fused-ring (bicyclic) bond motifs is 1. The lowest BCUT2D eigenvalue weighted by Gasteiger charge is -2.34. The molecule has 0 radical (unpaired) electrons. The van der Waals surface area contributed by atoms with Gasteiger partial charge in [-0.1, -0.05) is 25.1 Å². The van der Waals surface area contributed by atoms with Crippen molar-refractivity contribution in [1.29, 1.82) is 0 Å². The first kappa shape index (κ1) is 15.4. The number of aryl methyl sites for hydroxylation is 2. The van der Waals surface area contributed by atoms with Crippen LogP contribution in [0.25, 0.3) is 0 Å². The van der Waals surface area contributed by atoms with Crippen molar-refractivity contribution in [2.75, 3.05) is 29.4 Å². The predicted molar refractivity (Wildman–Crippen MR) is 99.1 cm³/mol. The Bertz CT molecular complexity index is 727. The van der Waals surface area contributed by atoms with E-state index in [1.165, 1.54) is 24.1 Å². The summed E-state index contributed by atoms with van der Waals surface area (Å²) < 4.78 is 0. The fraction of sp³-hybridized carbons (Fsp3) is 0.500. The first-order valence-electron chi connectivity index (χ1n) is 9.17. The minimum Gasteiger partial charge on any atom is -0.356 e. The molecule has 0 amide bonds. The summed E-state index contributed by atoms with van der Waals surface area (Å²) in [6.45, 7) is 7.62. The molecule has 1 unspecified atom stereocenters. The van der Waals surface area contributed by atoms with Gasteiger partial charge in [-0.05, 0) is 50.2 Å². The molecule has 4 rings (SSSR count). The van der Waals surface area contributed by atoms with Gasteiger partial charge in [0.25, 0.3) is 0 Å². The second-order valence-electron chi connectivity index (χ2n) is 7.24. The minimum absolute atomic E-state index is 0.744. The maximum absolute atomic E-state index is 4.95. The molecular weight excluding hydrogens is 296 g/mol. The molecule has 1 aromatic carbocycles. The van der Waals surface area contributed by atoms with Crippen LogP contribution in [-0.2, 0) is 6.42 Å². The lowest BCUT2D eigenvalue weighted by molar-refractivity contribution is 0.444. The molecule has 0 N–H and O–H groups in total. The van der Waals surface area contributed by atoms with Crippen molar-refractivity contribution in [3.8, 4) is 0 Å². The van der Waals surface area contributed by atoms with Crippen LogP contribution in [0.15, 0.2) is 30.3 Å². The average Bonchev–Trinajstić information content (AvgIpc) is 2.61. The van der Waals surface area contributed by atoms with Crippen molar-refractivity contribution >= 4 is 17.5 Å². The van der Waals surface area contributed by atoms with Crippen LogP contribution in [-0.4, -0.2) is 29.6 Å². The zero-order chi connectivity index (χ0) is 16.5. The number of aromatic nitrogens is 2. The highest BCUT2D eigenvalue weighted by Crippen LogP contribution is 2.32. The van der Waals surface area contributed by atoms with Crippen LogP contribution < -0.4 is 9.80 Å². The Morgan fingerprint density at radius 1 is 1.08 bits per heavy atom. The van der Waals surface area contributed by atoms with Crippen LogP contribution >= 0.6 is 0 Å². The highest BCUT2D eigenvalue weighted by Gasteiger charge is 2.23. The Hall–Kier alpha value is -2.10. The molecule has 2 aromatic rings. The first-order chi connectivity index (χ1) is 11.7. The van der Waals surface area contributed by atoms with Crippen molar-refractivity contribution in [1.82, 2.24) is 9.97 Å². The van der Waals surface area contributed by atoms with Gasteiger partial charge >= 0.3 is 0 Å². The van der Waals surface area contributed by atoms with Crippen molar-refractivity contribution in [2.45, 2.75) is 39.5 Å². The predicted octanol–water partition coefficient (Wildman–Crippen LogP) is 4.11. The van der Waals surface area contributed by atoms with E-state index in [2.05, 4.69) is 54.0 Å². The normalized spacial score (nSPS) is 20.8. The smallest absolute Gasteiger partial charge is 0.232 e. The average molecular weight is 322 g/mol. The van der Waals surface area contributed by atoms with E-state index in [0.717, 1.165) is 55.9 Å². The molecule has 2 aliphatic heterocycles. The van der Waals surface area contributed by atoms with Gasteiger partial charge in [-0.2, -0.15) is 4.98 Å². The van der Waals surface area contributed by atoms with Crippen LogP contribution in [0.4, 0.5) is 17.5 Å². The maximum atomic E-state index is 4.95. The second kappa shape index (κ2) is 6.42. The number of para-hydroxylation sites is 1. The van der Waals surface area contributed by atoms with E-state index in [1.54, 1.807) is 0 Å². The molecule has 1 aromatic heterocycles. The van der Waals surface area contributed by atoms with E-state index < -0.39 is 0 Å². The van der Waals surface area contributed by atoms with Crippen molar-refractivity contribution < 1.29 is 0 Å². The topological polar surface area (TPSA) is 32.3 Å². The SMILES string of the molecule is Cc1cc(N2CCCC(C)C2)nc(N2CCCc3ccccc32)n1. The molecular formula is C20H26N4. The summed E-state index contributed by atoms with van der Waals surface area (Å²) in [5.74, 6) is 2.69. The van der Waals surface area contributed by atoms with Crippen LogP contribution in [0.3, 0.4) is 0 Å². The molecule has 4 heteroatoms. The largest absolute Gasteiger partial charge is 0.356 e. The Balaban J connectivity index is 1.69. The summed E-state index contributed by atoms with van der Waals surface area (Å²) in [5.41, 5.74) is 3.73. The van der Waals surface area contributed by atoms with Crippen molar-refractivity contribution in [3.63, 3.8) is 0 Å². The summed E-state index contributed by atoms with van der Waals surface area (Å²) >= 11 is 0. The van der Waals surface area contributed by atoms with E-state index >= 15 is 0 Å². The minimum atomic E-state index is 0.744. The lowest BCUT2D eigenvalue weighted by atomic mass is 10.0. The Labute approximate surface area is 144 Å². The van der Waals surface area contributed by atoms with Crippen LogP contribution in [0.1, 0.15) is 37.4 Å². The van der Waals surface area contributed by atoms with Gasteiger partial charge in [-0.25, -0.2) is 4.98 Å². The van der Waals surface area contributed by atoms with Gasteiger partial charge in [0.2, 0.25) is 5.95 Å². The molecule has 3 heterocycles. The van der Waals surface area contributed by atoms with Gasteiger partial charge in [0.15, 0.2) is 0 Å². The third-order valence-corrected chi connectivity index (χ3v) is 5.16. The van der Waals surface area contributed by atoms with Gasteiger partial charge < -0.3 is 9.80 Å². The van der Waals surface area contributed by atoms with Gasteiger partial charge in [-0.3, -0.25) is 0 Å². The molecule has 1 saturated heterocycles. The molecule has 0 spiro atoms. The fourth-order valence-corrected chi connectivity index (χ4v) is 3.96. The molecule has 0 bridgehead atoms. The van der Waals surface area contributed by atoms with Gasteiger partial charge in [-0.15, -0.1) is 0 Å². The van der Waals surface area contributed by atoms with Gasteiger partial charge in [0.05, 0.1) is 0 Å². The molecule has 0 aliphatic carbocycles. The van der Waals surface area contributed by atoms with Crippen LogP contribution in [0.2, 0.25) is 0 Å². The van der Waals surface area contributed by atoms with E-state index in [-0.39, 0.29) is 0 Å². The van der Waals surface area contributed by atoms with Crippen LogP contribution in [0, 0.1) is 12.8 Å². The Kier molecular flexibility index (Phi) is 4.13. The monoisotopic (exact) mass is 322 g/mol. The number of piperidine rings is 1. The highest BCUT2D eigenvalue weighted by molar-refractivity contribution is 5.64. The Morgan fingerprint density at radius 2 is 1.96 bits per heavy atom. The summed E-state index contributed by atoms with van der Waals surface area (Å²) in [6.07, 6.45) is 4.89. The molecule has 126 valence electrons. The van der Waals surface area contributed by atoms with Gasteiger partial charge in [0.1, 0.15) is 5.82 Å². The quantitative estimate of drug-likeness (QED) is 0.833. The summed E-state index contributed by atoms with van der Waals surface area (Å²) in [7, 11) is 0. The van der Waals surface area contributed by atoms with E-state index in [1.807, 2.05) is 0 Å². The summed E-state index contributed by atoms with van der Waals surface area (Å²) in [4.78, 5) is 14.4. The number of hydrogen-bond donors (Lipinski definition) is 0. The molecule has 1 fully saturated rings. The highest BCUT2D eigenvalue weighted by atomic mass is 15.3. The number of anilines is 3. The van der Waals surface area contributed by atoms with E-state index in [0.29, 0.717) is 0 Å². The molecule has 1 atom stereocenters. The lowest BCUT2D eigenvalue weighted by Crippen LogP contribution is -2.35. The summed E-state index contributed by atoms with van der Waals surface area (Å²) in [6, 6.07) is 10.8. The standard InChI is InChI=1S/C20H26N4/c1-15-7-5-11-23(14-15)19-13-16(2)21-20(22-19)24-12-6-9-17-8-3-4-10-18(17)24/h3-4,8,10,13,15H,5-7,9,11-12,14H2,1-2H3. The fourth-order valence-electron chi connectivity index (χ4n) is 3.96. The second-order valence-corrected chi connectivity index (χ2v) is 7.24. The number of rotatable bonds is 2. The molecule has 4 nitrogen and oxygen atoms in total. The number of benzene rings is 1. The number of nitrogens with zero attached hydrogens (tertiary/aromatic N) is 4. The maximum Gasteiger partial charge on any atom is 0.232 e. The zero-order valence-corrected chi connectivity index (χ0v) is 14.7. The van der Waals surface area contributed by atoms with Crippen LogP contribution in [0.5, 0.6) is 0 Å². The van der Waals surface area contributed by atoms with E-state index in [4.69, 9.17) is 9.97 Å². The summed E-state index contributed by atoms with van der Waals surface area (Å²) in [5, 5.41) is 0. The van der Waals surface area contributed by atoms with Gasteiger partial charge in [0, 0.05) is 37.1 Å². The zero-order valence-electron chi connectivity index (χ0n) is 14.7. The third-order valence-electron chi connectivity index (χ3n) is 5.16.